The Bertz CT molecular complexity index is 963. The van der Waals surface area contributed by atoms with E-state index in [0.717, 1.165) is 43.5 Å². The van der Waals surface area contributed by atoms with E-state index >= 15 is 0 Å². The van der Waals surface area contributed by atoms with Crippen LogP contribution in [0, 0.1) is 6.92 Å². The standard InChI is InChI=1S/C22H29N3O3S/c1-16(2)20-9-7-8-17(3)21(20)24-29(27,28)19-12-10-18(11-13-19)23-22(26)25-14-5-4-6-15-25/h7-13,16,24H,4-6,14-15H2,1-3H3,(H,23,26). The lowest BCUT2D eigenvalue weighted by molar-refractivity contribution is 0.200. The topological polar surface area (TPSA) is 78.5 Å². The highest BCUT2D eigenvalue weighted by atomic mass is 32.2. The molecular weight excluding hydrogens is 386 g/mol. The molecule has 2 amide bonds. The number of hydrogen-bond donors (Lipinski definition) is 2. The molecule has 1 saturated heterocycles. The Morgan fingerprint density at radius 2 is 1.66 bits per heavy atom. The Labute approximate surface area is 173 Å². The number of benzene rings is 2. The number of carbonyl (C=O) groups is 1. The number of rotatable bonds is 5. The highest BCUT2D eigenvalue weighted by molar-refractivity contribution is 7.92. The Morgan fingerprint density at radius 1 is 1.00 bits per heavy atom. The van der Waals surface area contributed by atoms with Gasteiger partial charge in [0.25, 0.3) is 10.0 Å². The fraction of sp³-hybridized carbons (Fsp3) is 0.409. The summed E-state index contributed by atoms with van der Waals surface area (Å²) in [6.45, 7) is 7.48. The molecular formula is C22H29N3O3S. The number of para-hydroxylation sites is 1. The van der Waals surface area contributed by atoms with E-state index in [1.54, 1.807) is 17.0 Å². The molecule has 0 unspecified atom stereocenters. The van der Waals surface area contributed by atoms with Crippen LogP contribution >= 0.6 is 0 Å². The summed E-state index contributed by atoms with van der Waals surface area (Å²) in [5.74, 6) is 0.194. The molecule has 2 aromatic rings. The van der Waals surface area contributed by atoms with Crippen LogP contribution in [0.2, 0.25) is 0 Å². The quantitative estimate of drug-likeness (QED) is 0.726. The maximum absolute atomic E-state index is 12.9. The number of aryl methyl sites for hydroxylation is 1. The van der Waals surface area contributed by atoms with E-state index in [0.29, 0.717) is 11.4 Å². The van der Waals surface area contributed by atoms with Crippen molar-refractivity contribution >= 4 is 27.4 Å². The predicted molar refractivity (Wildman–Crippen MR) is 117 cm³/mol. The molecule has 0 radical (unpaired) electrons. The van der Waals surface area contributed by atoms with E-state index in [9.17, 15) is 13.2 Å². The molecule has 1 heterocycles. The summed E-state index contributed by atoms with van der Waals surface area (Å²) in [4.78, 5) is 14.3. The van der Waals surface area contributed by atoms with Crippen LogP contribution in [0.1, 0.15) is 50.2 Å². The Hall–Kier alpha value is -2.54. The van der Waals surface area contributed by atoms with Crippen molar-refractivity contribution in [3.63, 3.8) is 0 Å². The van der Waals surface area contributed by atoms with Crippen molar-refractivity contribution in [1.82, 2.24) is 4.90 Å². The summed E-state index contributed by atoms with van der Waals surface area (Å²) in [6, 6.07) is 11.9. The van der Waals surface area contributed by atoms with E-state index in [-0.39, 0.29) is 16.8 Å². The summed E-state index contributed by atoms with van der Waals surface area (Å²) < 4.78 is 28.5. The van der Waals surface area contributed by atoms with E-state index < -0.39 is 10.0 Å². The van der Waals surface area contributed by atoms with Gasteiger partial charge >= 0.3 is 6.03 Å². The molecule has 0 aliphatic carbocycles. The highest BCUT2D eigenvalue weighted by Crippen LogP contribution is 2.29. The number of urea groups is 1. The molecule has 2 N–H and O–H groups in total. The number of piperidine rings is 1. The van der Waals surface area contributed by atoms with E-state index in [2.05, 4.69) is 10.0 Å². The van der Waals surface area contributed by atoms with Gasteiger partial charge in [0, 0.05) is 18.8 Å². The zero-order chi connectivity index (χ0) is 21.0. The highest BCUT2D eigenvalue weighted by Gasteiger charge is 2.20. The molecule has 156 valence electrons. The summed E-state index contributed by atoms with van der Waals surface area (Å²) in [5, 5.41) is 2.84. The van der Waals surface area contributed by atoms with E-state index in [1.807, 2.05) is 39.0 Å². The molecule has 0 spiro atoms. The van der Waals surface area contributed by atoms with Crippen molar-refractivity contribution in [3.8, 4) is 0 Å². The van der Waals surface area contributed by atoms with Gasteiger partial charge in [0.15, 0.2) is 0 Å². The van der Waals surface area contributed by atoms with E-state index in [1.165, 1.54) is 12.1 Å². The smallest absolute Gasteiger partial charge is 0.321 e. The van der Waals surface area contributed by atoms with Gasteiger partial charge in [-0.25, -0.2) is 13.2 Å². The first-order valence-electron chi connectivity index (χ1n) is 10.1. The molecule has 29 heavy (non-hydrogen) atoms. The van der Waals surface area contributed by atoms with Crippen LogP contribution < -0.4 is 10.0 Å². The van der Waals surface area contributed by atoms with Gasteiger partial charge in [-0.15, -0.1) is 0 Å². The average Bonchev–Trinajstić information content (AvgIpc) is 2.70. The monoisotopic (exact) mass is 415 g/mol. The second kappa shape index (κ2) is 8.86. The van der Waals surface area contributed by atoms with Gasteiger partial charge in [-0.3, -0.25) is 4.72 Å². The number of anilines is 2. The molecule has 3 rings (SSSR count). The van der Waals surface area contributed by atoms with Gasteiger partial charge < -0.3 is 10.2 Å². The SMILES string of the molecule is Cc1cccc(C(C)C)c1NS(=O)(=O)c1ccc(NC(=O)N2CCCCC2)cc1. The summed E-state index contributed by atoms with van der Waals surface area (Å²) in [7, 11) is -3.73. The zero-order valence-electron chi connectivity index (χ0n) is 17.2. The maximum atomic E-state index is 12.9. The lowest BCUT2D eigenvalue weighted by Gasteiger charge is -2.26. The third-order valence-corrected chi connectivity index (χ3v) is 6.59. The second-order valence-electron chi connectivity index (χ2n) is 7.80. The molecule has 1 fully saturated rings. The van der Waals surface area contributed by atoms with Crippen LogP contribution in [-0.2, 0) is 10.0 Å². The molecule has 0 bridgehead atoms. The number of carbonyl (C=O) groups excluding carboxylic acids is 1. The van der Waals surface area contributed by atoms with Crippen LogP contribution in [0.5, 0.6) is 0 Å². The second-order valence-corrected chi connectivity index (χ2v) is 9.48. The number of hydrogen-bond acceptors (Lipinski definition) is 3. The van der Waals surface area contributed by atoms with Gasteiger partial charge in [0.2, 0.25) is 0 Å². The van der Waals surface area contributed by atoms with Crippen LogP contribution in [-0.4, -0.2) is 32.4 Å². The van der Waals surface area contributed by atoms with Crippen molar-refractivity contribution in [2.75, 3.05) is 23.1 Å². The number of nitrogens with one attached hydrogen (secondary N) is 2. The number of sulfonamides is 1. The lowest BCUT2D eigenvalue weighted by Crippen LogP contribution is -2.38. The molecule has 0 saturated carbocycles. The summed E-state index contributed by atoms with van der Waals surface area (Å²) in [6.07, 6.45) is 3.20. The minimum atomic E-state index is -3.73. The Balaban J connectivity index is 1.74. The predicted octanol–water partition coefficient (Wildman–Crippen LogP) is 4.94. The molecule has 6 nitrogen and oxygen atoms in total. The van der Waals surface area contributed by atoms with Gasteiger partial charge in [-0.05, 0) is 67.5 Å². The molecule has 1 aliphatic heterocycles. The Morgan fingerprint density at radius 3 is 2.28 bits per heavy atom. The molecule has 1 aliphatic rings. The summed E-state index contributed by atoms with van der Waals surface area (Å²) >= 11 is 0. The molecule has 0 aromatic heterocycles. The minimum Gasteiger partial charge on any atom is -0.325 e. The van der Waals surface area contributed by atoms with Crippen molar-refractivity contribution in [2.24, 2.45) is 0 Å². The first-order valence-corrected chi connectivity index (χ1v) is 11.5. The fourth-order valence-corrected chi connectivity index (χ4v) is 4.68. The molecule has 2 aromatic carbocycles. The van der Waals surface area contributed by atoms with Crippen LogP contribution in [0.25, 0.3) is 0 Å². The Kier molecular flexibility index (Phi) is 6.47. The fourth-order valence-electron chi connectivity index (χ4n) is 3.52. The number of amides is 2. The van der Waals surface area contributed by atoms with Gasteiger partial charge in [-0.2, -0.15) is 0 Å². The average molecular weight is 416 g/mol. The third-order valence-electron chi connectivity index (χ3n) is 5.22. The van der Waals surface area contributed by atoms with E-state index in [4.69, 9.17) is 0 Å². The van der Waals surface area contributed by atoms with Crippen molar-refractivity contribution in [3.05, 3.63) is 53.6 Å². The largest absolute Gasteiger partial charge is 0.325 e. The van der Waals surface area contributed by atoms with Gasteiger partial charge in [0.1, 0.15) is 0 Å². The molecule has 7 heteroatoms. The van der Waals surface area contributed by atoms with Crippen molar-refractivity contribution < 1.29 is 13.2 Å². The van der Waals surface area contributed by atoms with Crippen LogP contribution in [0.15, 0.2) is 47.4 Å². The lowest BCUT2D eigenvalue weighted by atomic mass is 9.99. The van der Waals surface area contributed by atoms with Gasteiger partial charge in [0.05, 0.1) is 10.6 Å². The van der Waals surface area contributed by atoms with Crippen LogP contribution in [0.3, 0.4) is 0 Å². The molecule has 0 atom stereocenters. The first kappa shape index (κ1) is 21.2. The minimum absolute atomic E-state index is 0.139. The first-order chi connectivity index (χ1) is 13.8. The number of nitrogens with zero attached hydrogens (tertiary/aromatic N) is 1. The number of likely N-dealkylation sites (tertiary alicyclic amines) is 1. The van der Waals surface area contributed by atoms with Crippen molar-refractivity contribution in [2.45, 2.75) is 50.8 Å². The van der Waals surface area contributed by atoms with Crippen molar-refractivity contribution in [1.29, 1.82) is 0 Å². The third kappa shape index (κ3) is 5.09. The normalized spacial score (nSPS) is 14.7. The summed E-state index contributed by atoms with van der Waals surface area (Å²) in [5.41, 5.74) is 3.05. The van der Waals surface area contributed by atoms with Crippen LogP contribution in [0.4, 0.5) is 16.2 Å². The maximum Gasteiger partial charge on any atom is 0.321 e. The zero-order valence-corrected chi connectivity index (χ0v) is 18.1. The van der Waals surface area contributed by atoms with Gasteiger partial charge in [-0.1, -0.05) is 32.0 Å².